The molecular weight excluding hydrogens is 412 g/mol. The Labute approximate surface area is 193 Å². The second-order valence-corrected chi connectivity index (χ2v) is 7.90. The van der Waals surface area contributed by atoms with Crippen molar-refractivity contribution in [2.24, 2.45) is 0 Å². The number of phenols is 3. The first-order chi connectivity index (χ1) is 16.0. The van der Waals surface area contributed by atoms with Crippen molar-refractivity contribution in [1.82, 2.24) is 0 Å². The SMILES string of the molecule is C=CCOc1ccc(C(c2ccc(O)cc2)C(c2ccc(O)cc2)c2ccc(O)cc2)cc1. The molecule has 0 bridgehead atoms. The minimum Gasteiger partial charge on any atom is -0.508 e. The predicted molar refractivity (Wildman–Crippen MR) is 130 cm³/mol. The van der Waals surface area contributed by atoms with Crippen molar-refractivity contribution in [3.63, 3.8) is 0 Å². The van der Waals surface area contributed by atoms with Gasteiger partial charge in [-0.15, -0.1) is 0 Å². The van der Waals surface area contributed by atoms with Gasteiger partial charge in [0.2, 0.25) is 0 Å². The number of phenolic OH excluding ortho intramolecular Hbond substituents is 3. The highest BCUT2D eigenvalue weighted by Crippen LogP contribution is 2.44. The van der Waals surface area contributed by atoms with Crippen molar-refractivity contribution < 1.29 is 20.1 Å². The molecule has 0 spiro atoms. The first-order valence-corrected chi connectivity index (χ1v) is 10.8. The summed E-state index contributed by atoms with van der Waals surface area (Å²) in [6.45, 7) is 4.12. The molecule has 0 saturated heterocycles. The number of hydrogen-bond acceptors (Lipinski definition) is 4. The molecule has 0 fully saturated rings. The summed E-state index contributed by atoms with van der Waals surface area (Å²) in [4.78, 5) is 0. The molecule has 0 aliphatic heterocycles. The summed E-state index contributed by atoms with van der Waals surface area (Å²) in [6.07, 6.45) is 1.71. The monoisotopic (exact) mass is 438 g/mol. The molecule has 0 aliphatic rings. The van der Waals surface area contributed by atoms with E-state index in [1.165, 1.54) is 0 Å². The maximum absolute atomic E-state index is 9.88. The first kappa shape index (κ1) is 22.0. The fraction of sp³-hybridized carbons (Fsp3) is 0.103. The largest absolute Gasteiger partial charge is 0.508 e. The zero-order chi connectivity index (χ0) is 23.2. The molecule has 4 aromatic carbocycles. The molecule has 4 heteroatoms. The normalized spacial score (nSPS) is 11.8. The molecule has 33 heavy (non-hydrogen) atoms. The topological polar surface area (TPSA) is 69.9 Å². The molecule has 1 unspecified atom stereocenters. The quantitative estimate of drug-likeness (QED) is 0.281. The predicted octanol–water partition coefficient (Wildman–Crippen LogP) is 6.33. The molecule has 0 radical (unpaired) electrons. The zero-order valence-corrected chi connectivity index (χ0v) is 18.1. The van der Waals surface area contributed by atoms with Gasteiger partial charge >= 0.3 is 0 Å². The van der Waals surface area contributed by atoms with Crippen LogP contribution in [0.15, 0.2) is 110 Å². The third kappa shape index (κ3) is 5.18. The van der Waals surface area contributed by atoms with Gasteiger partial charge in [-0.25, -0.2) is 0 Å². The van der Waals surface area contributed by atoms with E-state index in [1.54, 1.807) is 42.5 Å². The van der Waals surface area contributed by atoms with Crippen molar-refractivity contribution in [2.75, 3.05) is 6.61 Å². The van der Waals surface area contributed by atoms with Crippen molar-refractivity contribution in [1.29, 1.82) is 0 Å². The van der Waals surface area contributed by atoms with Gasteiger partial charge in [0.25, 0.3) is 0 Å². The van der Waals surface area contributed by atoms with E-state index in [4.69, 9.17) is 4.74 Å². The third-order valence-electron chi connectivity index (χ3n) is 5.70. The minimum atomic E-state index is -0.115. The molecule has 0 amide bonds. The second-order valence-electron chi connectivity index (χ2n) is 7.90. The molecule has 0 aliphatic carbocycles. The average Bonchev–Trinajstić information content (AvgIpc) is 2.84. The minimum absolute atomic E-state index is 0.104. The Morgan fingerprint density at radius 3 is 1.15 bits per heavy atom. The summed E-state index contributed by atoms with van der Waals surface area (Å²) >= 11 is 0. The molecule has 3 N–H and O–H groups in total. The van der Waals surface area contributed by atoms with Gasteiger partial charge in [0.1, 0.15) is 29.6 Å². The number of aromatic hydroxyl groups is 3. The summed E-state index contributed by atoms with van der Waals surface area (Å²) < 4.78 is 5.66. The Kier molecular flexibility index (Phi) is 6.65. The van der Waals surface area contributed by atoms with Gasteiger partial charge in [-0.3, -0.25) is 0 Å². The average molecular weight is 439 g/mol. The van der Waals surface area contributed by atoms with Gasteiger partial charge < -0.3 is 20.1 Å². The van der Waals surface area contributed by atoms with Crippen LogP contribution in [0.25, 0.3) is 0 Å². The standard InChI is InChI=1S/C29H26O4/c1-2-19-33-27-17-9-23(10-18-27)29(22-7-15-26(32)16-8-22)28(20-3-11-24(30)12-4-20)21-5-13-25(31)14-6-21/h2-18,28-32H,1,19H2. The second kappa shape index (κ2) is 9.96. The summed E-state index contributed by atoms with van der Waals surface area (Å²) in [7, 11) is 0. The Morgan fingerprint density at radius 2 is 0.848 bits per heavy atom. The fourth-order valence-electron chi connectivity index (χ4n) is 4.13. The van der Waals surface area contributed by atoms with E-state index in [1.807, 2.05) is 60.7 Å². The molecule has 166 valence electrons. The van der Waals surface area contributed by atoms with Gasteiger partial charge in [0.15, 0.2) is 0 Å². The van der Waals surface area contributed by atoms with Crippen LogP contribution in [0.2, 0.25) is 0 Å². The van der Waals surface area contributed by atoms with Crippen LogP contribution in [-0.4, -0.2) is 21.9 Å². The van der Waals surface area contributed by atoms with Gasteiger partial charge in [0, 0.05) is 11.8 Å². The van der Waals surface area contributed by atoms with Crippen molar-refractivity contribution in [2.45, 2.75) is 11.8 Å². The van der Waals surface area contributed by atoms with Gasteiger partial charge in [0.05, 0.1) is 0 Å². The third-order valence-corrected chi connectivity index (χ3v) is 5.70. The van der Waals surface area contributed by atoms with E-state index in [0.717, 1.165) is 28.0 Å². The van der Waals surface area contributed by atoms with Crippen LogP contribution in [0.5, 0.6) is 23.0 Å². The Hall–Kier alpha value is -4.18. The van der Waals surface area contributed by atoms with Crippen LogP contribution >= 0.6 is 0 Å². The van der Waals surface area contributed by atoms with Crippen LogP contribution in [0.1, 0.15) is 34.1 Å². The van der Waals surface area contributed by atoms with Crippen molar-refractivity contribution >= 4 is 0 Å². The Morgan fingerprint density at radius 1 is 0.545 bits per heavy atom. The summed E-state index contributed by atoms with van der Waals surface area (Å²) in [5, 5.41) is 29.6. The molecule has 4 nitrogen and oxygen atoms in total. The number of ether oxygens (including phenoxy) is 1. The highest BCUT2D eigenvalue weighted by Gasteiger charge is 2.28. The molecule has 0 heterocycles. The summed E-state index contributed by atoms with van der Waals surface area (Å²) in [5.74, 6) is 1.15. The molecule has 0 aromatic heterocycles. The number of hydrogen-bond donors (Lipinski definition) is 3. The number of rotatable bonds is 8. The zero-order valence-electron chi connectivity index (χ0n) is 18.1. The summed E-state index contributed by atoms with van der Waals surface area (Å²) in [6, 6.07) is 29.6. The molecule has 4 rings (SSSR count). The van der Waals surface area contributed by atoms with E-state index in [9.17, 15) is 15.3 Å². The highest BCUT2D eigenvalue weighted by atomic mass is 16.5. The summed E-state index contributed by atoms with van der Waals surface area (Å²) in [5.41, 5.74) is 4.13. The van der Waals surface area contributed by atoms with E-state index in [2.05, 4.69) is 6.58 Å². The lowest BCUT2D eigenvalue weighted by Crippen LogP contribution is -2.14. The van der Waals surface area contributed by atoms with E-state index in [0.29, 0.717) is 6.61 Å². The van der Waals surface area contributed by atoms with E-state index < -0.39 is 0 Å². The maximum Gasteiger partial charge on any atom is 0.119 e. The van der Waals surface area contributed by atoms with E-state index >= 15 is 0 Å². The lowest BCUT2D eigenvalue weighted by molar-refractivity contribution is 0.363. The van der Waals surface area contributed by atoms with E-state index in [-0.39, 0.29) is 29.1 Å². The van der Waals surface area contributed by atoms with Crippen LogP contribution in [-0.2, 0) is 0 Å². The molecular formula is C29H26O4. The van der Waals surface area contributed by atoms with Crippen molar-refractivity contribution in [3.05, 3.63) is 132 Å². The lowest BCUT2D eigenvalue weighted by Gasteiger charge is -2.30. The highest BCUT2D eigenvalue weighted by molar-refractivity contribution is 5.48. The first-order valence-electron chi connectivity index (χ1n) is 10.8. The molecule has 4 aromatic rings. The molecule has 0 saturated carbocycles. The lowest BCUT2D eigenvalue weighted by atomic mass is 9.73. The smallest absolute Gasteiger partial charge is 0.119 e. The van der Waals surface area contributed by atoms with Crippen LogP contribution < -0.4 is 4.74 Å². The van der Waals surface area contributed by atoms with Gasteiger partial charge in [-0.05, 0) is 70.8 Å². The Balaban J connectivity index is 1.87. The van der Waals surface area contributed by atoms with Gasteiger partial charge in [-0.2, -0.15) is 0 Å². The van der Waals surface area contributed by atoms with Crippen LogP contribution in [0, 0.1) is 0 Å². The Bertz CT molecular complexity index is 1130. The maximum atomic E-state index is 9.88. The fourth-order valence-corrected chi connectivity index (χ4v) is 4.13. The molecule has 1 atom stereocenters. The van der Waals surface area contributed by atoms with Crippen molar-refractivity contribution in [3.8, 4) is 23.0 Å². The van der Waals surface area contributed by atoms with Crippen LogP contribution in [0.3, 0.4) is 0 Å². The van der Waals surface area contributed by atoms with Crippen LogP contribution in [0.4, 0.5) is 0 Å². The van der Waals surface area contributed by atoms with Gasteiger partial charge in [-0.1, -0.05) is 61.2 Å². The number of benzene rings is 4.